The van der Waals surface area contributed by atoms with Gasteiger partial charge in [0.05, 0.1) is 23.8 Å². The molecular weight excluding hydrogens is 569 g/mol. The number of nitrogens with zero attached hydrogens (tertiary/aromatic N) is 4. The molecule has 0 aliphatic rings. The smallest absolute Gasteiger partial charge is 0.407 e. The van der Waals surface area contributed by atoms with Crippen LogP contribution in [0.3, 0.4) is 0 Å². The van der Waals surface area contributed by atoms with Crippen molar-refractivity contribution >= 4 is 34.6 Å². The van der Waals surface area contributed by atoms with Gasteiger partial charge in [0, 0.05) is 38.1 Å². The van der Waals surface area contributed by atoms with Gasteiger partial charge in [-0.05, 0) is 63.6 Å². The molecule has 0 radical (unpaired) electrons. The highest BCUT2D eigenvalue weighted by atomic mass is 19.1. The molecule has 0 bridgehead atoms. The topological polar surface area (TPSA) is 142 Å². The van der Waals surface area contributed by atoms with Gasteiger partial charge in [0.1, 0.15) is 24.2 Å². The highest BCUT2D eigenvalue weighted by Crippen LogP contribution is 2.23. The fourth-order valence-electron chi connectivity index (χ4n) is 4.38. The van der Waals surface area contributed by atoms with Crippen molar-refractivity contribution in [1.82, 2.24) is 29.7 Å². The van der Waals surface area contributed by atoms with Crippen LogP contribution >= 0.6 is 0 Å². The summed E-state index contributed by atoms with van der Waals surface area (Å²) in [4.78, 5) is 61.5. The van der Waals surface area contributed by atoms with Crippen molar-refractivity contribution in [2.45, 2.75) is 45.7 Å². The summed E-state index contributed by atoms with van der Waals surface area (Å²) in [6.45, 7) is 4.77. The van der Waals surface area contributed by atoms with Gasteiger partial charge in [0.15, 0.2) is 0 Å². The third-order valence-electron chi connectivity index (χ3n) is 6.69. The Morgan fingerprint density at radius 1 is 1.20 bits per heavy atom. The lowest BCUT2D eigenvalue weighted by Crippen LogP contribution is -2.45. The second-order valence-electron chi connectivity index (χ2n) is 11.4. The highest BCUT2D eigenvalue weighted by molar-refractivity contribution is 5.96. The van der Waals surface area contributed by atoms with Crippen LogP contribution in [0.25, 0.3) is 11.0 Å². The first-order valence-electron chi connectivity index (χ1n) is 14.5. The van der Waals surface area contributed by atoms with Gasteiger partial charge < -0.3 is 34.7 Å². The molecule has 3 aromatic rings. The number of carbonyl (C=O) groups is 3. The number of likely N-dealkylation sites (N-methyl/N-ethyl adjacent to an activating group) is 2. The third-order valence-corrected chi connectivity index (χ3v) is 6.69. The summed E-state index contributed by atoms with van der Waals surface area (Å²) in [5.41, 5.74) is 1.94. The van der Waals surface area contributed by atoms with Crippen LogP contribution in [0, 0.1) is 11.7 Å². The van der Waals surface area contributed by atoms with Gasteiger partial charge in [-0.25, -0.2) is 9.18 Å². The number of pyridine rings is 2. The number of alkyl carbamates (subject to hydrolysis) is 1. The standard InChI is InChI=1S/C31H42FN7O5/c1-20(2)16-22-23(32)18-33-26-17-21(34-28(22)26)19-39-13-9-11-25(30(39)42)35-29(41)24(10-7-8-12-27(40)38(5)6)36-31(43)44-15-14-37(3)4/h8-9,11-13,17-18,20,24,34H,7,10,14-16,19H2,1-6H3,(H,35,41)(H,36,43)/b12-8+. The van der Waals surface area contributed by atoms with Gasteiger partial charge in [0.2, 0.25) is 11.8 Å². The van der Waals surface area contributed by atoms with Gasteiger partial charge in [-0.1, -0.05) is 19.9 Å². The van der Waals surface area contributed by atoms with Crippen molar-refractivity contribution in [3.8, 4) is 0 Å². The van der Waals surface area contributed by atoms with Gasteiger partial charge >= 0.3 is 6.09 Å². The Morgan fingerprint density at radius 3 is 2.64 bits per heavy atom. The van der Waals surface area contributed by atoms with Crippen LogP contribution in [0.5, 0.6) is 0 Å². The number of carbonyl (C=O) groups excluding carboxylic acids is 3. The minimum atomic E-state index is -1.04. The number of amides is 3. The molecule has 0 saturated heterocycles. The minimum Gasteiger partial charge on any atom is -0.448 e. The number of hydrogen-bond acceptors (Lipinski definition) is 7. The molecule has 1 atom stereocenters. The molecule has 3 heterocycles. The molecule has 0 aromatic carbocycles. The molecule has 3 amide bonds. The van der Waals surface area contributed by atoms with Crippen molar-refractivity contribution in [2.24, 2.45) is 5.92 Å². The fraction of sp³-hybridized carbons (Fsp3) is 0.452. The maximum absolute atomic E-state index is 14.5. The van der Waals surface area contributed by atoms with E-state index < -0.39 is 23.6 Å². The number of anilines is 1. The second-order valence-corrected chi connectivity index (χ2v) is 11.4. The average Bonchev–Trinajstić information content (AvgIpc) is 3.36. The summed E-state index contributed by atoms with van der Waals surface area (Å²) in [6, 6.07) is 3.83. The predicted molar refractivity (Wildman–Crippen MR) is 167 cm³/mol. The molecule has 3 N–H and O–H groups in total. The van der Waals surface area contributed by atoms with Crippen molar-refractivity contribution in [2.75, 3.05) is 46.7 Å². The van der Waals surface area contributed by atoms with Gasteiger partial charge in [-0.15, -0.1) is 0 Å². The van der Waals surface area contributed by atoms with Crippen LogP contribution in [0.1, 0.15) is 37.9 Å². The van der Waals surface area contributed by atoms with Crippen molar-refractivity contribution < 1.29 is 23.5 Å². The summed E-state index contributed by atoms with van der Waals surface area (Å²) in [7, 11) is 6.93. The summed E-state index contributed by atoms with van der Waals surface area (Å²) >= 11 is 0. The number of aromatic amines is 1. The summed E-state index contributed by atoms with van der Waals surface area (Å²) < 4.78 is 21.1. The Kier molecular flexibility index (Phi) is 12.2. The Bertz CT molecular complexity index is 1540. The molecule has 3 rings (SSSR count). The molecule has 12 nitrogen and oxygen atoms in total. The molecule has 0 spiro atoms. The number of allylic oxidation sites excluding steroid dienone is 1. The molecule has 1 unspecified atom stereocenters. The van der Waals surface area contributed by atoms with E-state index in [0.717, 1.165) is 0 Å². The number of nitrogens with one attached hydrogen (secondary N) is 3. The van der Waals surface area contributed by atoms with E-state index in [2.05, 4.69) is 20.6 Å². The lowest BCUT2D eigenvalue weighted by molar-refractivity contribution is -0.123. The molecule has 0 saturated carbocycles. The monoisotopic (exact) mass is 611 g/mol. The molecule has 44 heavy (non-hydrogen) atoms. The number of rotatable bonds is 14. The van der Waals surface area contributed by atoms with Crippen LogP contribution < -0.4 is 16.2 Å². The van der Waals surface area contributed by atoms with Crippen LogP contribution in [0.2, 0.25) is 0 Å². The normalized spacial score (nSPS) is 12.2. The lowest BCUT2D eigenvalue weighted by Gasteiger charge is -2.18. The van der Waals surface area contributed by atoms with E-state index in [0.29, 0.717) is 41.7 Å². The van der Waals surface area contributed by atoms with Crippen LogP contribution in [-0.2, 0) is 27.3 Å². The number of ether oxygens (including phenoxy) is 1. The molecular formula is C31H42FN7O5. The molecule has 13 heteroatoms. The maximum atomic E-state index is 14.5. The number of H-pyrrole nitrogens is 1. The zero-order valence-corrected chi connectivity index (χ0v) is 26.1. The minimum absolute atomic E-state index is 0.0179. The number of halogens is 1. The van der Waals surface area contributed by atoms with Crippen LogP contribution in [0.4, 0.5) is 14.9 Å². The van der Waals surface area contributed by atoms with Gasteiger partial charge in [0.25, 0.3) is 5.56 Å². The van der Waals surface area contributed by atoms with Gasteiger partial charge in [-0.2, -0.15) is 0 Å². The van der Waals surface area contributed by atoms with Crippen LogP contribution in [-0.4, -0.2) is 89.6 Å². The predicted octanol–water partition coefficient (Wildman–Crippen LogP) is 3.13. The lowest BCUT2D eigenvalue weighted by atomic mass is 10.0. The highest BCUT2D eigenvalue weighted by Gasteiger charge is 2.22. The van der Waals surface area contributed by atoms with E-state index >= 15 is 0 Å². The zero-order valence-electron chi connectivity index (χ0n) is 26.1. The Morgan fingerprint density at radius 2 is 1.95 bits per heavy atom. The van der Waals surface area contributed by atoms with E-state index in [1.165, 1.54) is 27.8 Å². The second kappa shape index (κ2) is 15.8. The Labute approximate surface area is 256 Å². The largest absolute Gasteiger partial charge is 0.448 e. The van der Waals surface area contributed by atoms with Crippen molar-refractivity contribution in [3.63, 3.8) is 0 Å². The average molecular weight is 612 g/mol. The number of aromatic nitrogens is 3. The molecule has 0 fully saturated rings. The third kappa shape index (κ3) is 9.76. The van der Waals surface area contributed by atoms with Crippen molar-refractivity contribution in [1.29, 1.82) is 0 Å². The molecule has 0 aliphatic carbocycles. The maximum Gasteiger partial charge on any atom is 0.407 e. The Hall–Kier alpha value is -4.52. The van der Waals surface area contributed by atoms with Crippen molar-refractivity contribution in [3.05, 3.63) is 70.2 Å². The van der Waals surface area contributed by atoms with E-state index in [-0.39, 0.29) is 42.9 Å². The van der Waals surface area contributed by atoms with E-state index in [1.807, 2.05) is 32.8 Å². The first-order valence-corrected chi connectivity index (χ1v) is 14.5. The SMILES string of the molecule is CC(C)Cc1c(F)cnc2cc(Cn3cccc(NC(=O)C(CC/C=C/C(=O)N(C)C)NC(=O)OCCN(C)C)c3=O)[nH]c12. The number of fused-ring (bicyclic) bond motifs is 1. The first-order chi connectivity index (χ1) is 20.8. The molecule has 238 valence electrons. The summed E-state index contributed by atoms with van der Waals surface area (Å²) in [6.07, 6.45) is 6.02. The Balaban J connectivity index is 1.77. The van der Waals surface area contributed by atoms with E-state index in [9.17, 15) is 23.6 Å². The van der Waals surface area contributed by atoms with Crippen LogP contribution in [0.15, 0.2) is 47.5 Å². The molecule has 0 aliphatic heterocycles. The quantitative estimate of drug-likeness (QED) is 0.238. The van der Waals surface area contributed by atoms with E-state index in [1.54, 1.807) is 38.5 Å². The zero-order chi connectivity index (χ0) is 32.4. The van der Waals surface area contributed by atoms with E-state index in [4.69, 9.17) is 4.74 Å². The number of hydrogen-bond donors (Lipinski definition) is 3. The summed E-state index contributed by atoms with van der Waals surface area (Å²) in [5.74, 6) is -0.968. The van der Waals surface area contributed by atoms with Gasteiger partial charge in [-0.3, -0.25) is 19.4 Å². The fourth-order valence-corrected chi connectivity index (χ4v) is 4.38. The first kappa shape index (κ1) is 34.0. The molecule has 3 aromatic heterocycles. The summed E-state index contributed by atoms with van der Waals surface area (Å²) in [5, 5.41) is 5.19.